The number of hydrogen-bond acceptors (Lipinski definition) is 4. The molecule has 2 amide bonds. The molecule has 0 aliphatic carbocycles. The third-order valence-corrected chi connectivity index (χ3v) is 3.66. The lowest BCUT2D eigenvalue weighted by atomic mass is 10.2. The summed E-state index contributed by atoms with van der Waals surface area (Å²) in [5.74, 6) is 0.519. The molecule has 0 bridgehead atoms. The number of furan rings is 1. The molecule has 102 valence electrons. The zero-order valence-corrected chi connectivity index (χ0v) is 11.4. The van der Waals surface area contributed by atoms with Crippen molar-refractivity contribution in [2.45, 2.75) is 19.6 Å². The van der Waals surface area contributed by atoms with Crippen LogP contribution in [0.5, 0.6) is 0 Å². The first-order valence-electron chi connectivity index (χ1n) is 6.02. The average molecular weight is 280 g/mol. The molecule has 5 nitrogen and oxygen atoms in total. The van der Waals surface area contributed by atoms with Crippen LogP contribution in [0.1, 0.15) is 28.5 Å². The number of carbonyl (C=O) groups is 1. The summed E-state index contributed by atoms with van der Waals surface area (Å²) in [6.07, 6.45) is 0.780. The van der Waals surface area contributed by atoms with Crippen LogP contribution < -0.4 is 10.6 Å². The SMILES string of the molecule is CCNC(=O)NCc1ccc(C(O)c2ccco2)s1. The van der Waals surface area contributed by atoms with Crippen LogP contribution in [0.25, 0.3) is 0 Å². The van der Waals surface area contributed by atoms with Gasteiger partial charge in [-0.3, -0.25) is 0 Å². The molecular formula is C13H16N2O3S. The molecule has 2 aromatic rings. The Bertz CT molecular complexity index is 522. The van der Waals surface area contributed by atoms with E-state index in [9.17, 15) is 9.90 Å². The van der Waals surface area contributed by atoms with Crippen molar-refractivity contribution in [3.8, 4) is 0 Å². The topological polar surface area (TPSA) is 74.5 Å². The average Bonchev–Trinajstić information content (AvgIpc) is 3.07. The van der Waals surface area contributed by atoms with E-state index in [2.05, 4.69) is 10.6 Å². The molecule has 0 aromatic carbocycles. The number of nitrogens with one attached hydrogen (secondary N) is 2. The lowest BCUT2D eigenvalue weighted by molar-refractivity contribution is 0.193. The first kappa shape index (κ1) is 13.6. The summed E-state index contributed by atoms with van der Waals surface area (Å²) in [6, 6.07) is 7.01. The van der Waals surface area contributed by atoms with Gasteiger partial charge in [0.25, 0.3) is 0 Å². The quantitative estimate of drug-likeness (QED) is 0.786. The maximum Gasteiger partial charge on any atom is 0.315 e. The second-order valence-corrected chi connectivity index (χ2v) is 5.13. The van der Waals surface area contributed by atoms with Crippen molar-refractivity contribution in [1.29, 1.82) is 0 Å². The van der Waals surface area contributed by atoms with E-state index in [4.69, 9.17) is 4.42 Å². The first-order chi connectivity index (χ1) is 9.20. The van der Waals surface area contributed by atoms with Crippen molar-refractivity contribution >= 4 is 17.4 Å². The van der Waals surface area contributed by atoms with Crippen LogP contribution in [0, 0.1) is 0 Å². The molecule has 1 atom stereocenters. The van der Waals surface area contributed by atoms with Crippen LogP contribution in [0.4, 0.5) is 4.79 Å². The molecule has 1 unspecified atom stereocenters. The standard InChI is InChI=1S/C13H16N2O3S/c1-2-14-13(17)15-8-9-5-6-11(19-9)12(16)10-4-3-7-18-10/h3-7,12,16H,2,8H2,1H3,(H2,14,15,17). The summed E-state index contributed by atoms with van der Waals surface area (Å²) < 4.78 is 5.17. The highest BCUT2D eigenvalue weighted by Gasteiger charge is 2.15. The maximum atomic E-state index is 11.3. The Morgan fingerprint density at radius 2 is 2.26 bits per heavy atom. The van der Waals surface area contributed by atoms with Crippen LogP contribution in [-0.2, 0) is 6.54 Å². The Morgan fingerprint density at radius 3 is 2.95 bits per heavy atom. The highest BCUT2D eigenvalue weighted by molar-refractivity contribution is 7.12. The molecule has 2 aromatic heterocycles. The van der Waals surface area contributed by atoms with E-state index in [1.54, 1.807) is 12.1 Å². The number of thiophene rings is 1. The Labute approximate surface area is 115 Å². The summed E-state index contributed by atoms with van der Waals surface area (Å²) in [6.45, 7) is 2.91. The number of aliphatic hydroxyl groups excluding tert-OH is 1. The Kier molecular flexibility index (Phi) is 4.59. The minimum atomic E-state index is -0.752. The lowest BCUT2D eigenvalue weighted by Crippen LogP contribution is -2.34. The molecular weight excluding hydrogens is 264 g/mol. The zero-order chi connectivity index (χ0) is 13.7. The number of urea groups is 1. The minimum Gasteiger partial charge on any atom is -0.466 e. The molecule has 0 aliphatic heterocycles. The number of amides is 2. The molecule has 3 N–H and O–H groups in total. The molecule has 0 radical (unpaired) electrons. The van der Waals surface area contributed by atoms with Crippen molar-refractivity contribution < 1.29 is 14.3 Å². The van der Waals surface area contributed by atoms with Crippen LogP contribution in [-0.4, -0.2) is 17.7 Å². The van der Waals surface area contributed by atoms with Gasteiger partial charge in [0.1, 0.15) is 11.9 Å². The molecule has 6 heteroatoms. The molecule has 0 aliphatic rings. The summed E-state index contributed by atoms with van der Waals surface area (Å²) in [4.78, 5) is 13.0. The lowest BCUT2D eigenvalue weighted by Gasteiger charge is -2.05. The second kappa shape index (κ2) is 6.40. The minimum absolute atomic E-state index is 0.191. The molecule has 0 fully saturated rings. The molecule has 2 rings (SSSR count). The van der Waals surface area contributed by atoms with Crippen LogP contribution in [0.3, 0.4) is 0 Å². The number of hydrogen-bond donors (Lipinski definition) is 3. The van der Waals surface area contributed by atoms with E-state index >= 15 is 0 Å². The van der Waals surface area contributed by atoms with E-state index in [0.717, 1.165) is 9.75 Å². The molecule has 2 heterocycles. The normalized spacial score (nSPS) is 12.1. The molecule has 0 saturated carbocycles. The van der Waals surface area contributed by atoms with Gasteiger partial charge in [-0.2, -0.15) is 0 Å². The predicted molar refractivity (Wildman–Crippen MR) is 73.0 cm³/mol. The Morgan fingerprint density at radius 1 is 1.42 bits per heavy atom. The van der Waals surface area contributed by atoms with Crippen molar-refractivity contribution in [3.05, 3.63) is 46.0 Å². The molecule has 19 heavy (non-hydrogen) atoms. The zero-order valence-electron chi connectivity index (χ0n) is 10.6. The largest absolute Gasteiger partial charge is 0.466 e. The van der Waals surface area contributed by atoms with Gasteiger partial charge >= 0.3 is 6.03 Å². The summed E-state index contributed by atoms with van der Waals surface area (Å²) in [5, 5.41) is 15.5. The Hall–Kier alpha value is -1.79. The van der Waals surface area contributed by atoms with Gasteiger partial charge in [0.2, 0.25) is 0 Å². The van der Waals surface area contributed by atoms with Gasteiger partial charge in [0, 0.05) is 16.3 Å². The molecule has 0 spiro atoms. The third kappa shape index (κ3) is 3.59. The van der Waals surface area contributed by atoms with Crippen molar-refractivity contribution in [2.24, 2.45) is 0 Å². The van der Waals surface area contributed by atoms with Gasteiger partial charge in [-0.15, -0.1) is 11.3 Å². The second-order valence-electron chi connectivity index (χ2n) is 3.94. The number of aliphatic hydroxyl groups is 1. The first-order valence-corrected chi connectivity index (χ1v) is 6.84. The maximum absolute atomic E-state index is 11.3. The van der Waals surface area contributed by atoms with E-state index in [1.807, 2.05) is 19.1 Å². The molecule has 0 saturated heterocycles. The summed E-state index contributed by atoms with van der Waals surface area (Å²) >= 11 is 1.45. The van der Waals surface area contributed by atoms with Gasteiger partial charge in [0.15, 0.2) is 0 Å². The van der Waals surface area contributed by atoms with Crippen LogP contribution in [0.2, 0.25) is 0 Å². The van der Waals surface area contributed by atoms with E-state index in [0.29, 0.717) is 18.8 Å². The van der Waals surface area contributed by atoms with E-state index in [-0.39, 0.29) is 6.03 Å². The fraction of sp³-hybridized carbons (Fsp3) is 0.308. The number of rotatable bonds is 5. The number of carbonyl (C=O) groups excluding carboxylic acids is 1. The van der Waals surface area contributed by atoms with E-state index in [1.165, 1.54) is 17.6 Å². The van der Waals surface area contributed by atoms with Gasteiger partial charge in [-0.05, 0) is 31.2 Å². The fourth-order valence-electron chi connectivity index (χ4n) is 1.61. The van der Waals surface area contributed by atoms with Gasteiger partial charge in [0.05, 0.1) is 12.8 Å². The summed E-state index contributed by atoms with van der Waals surface area (Å²) in [5.41, 5.74) is 0. The highest BCUT2D eigenvalue weighted by atomic mass is 32.1. The van der Waals surface area contributed by atoms with Crippen molar-refractivity contribution in [1.82, 2.24) is 10.6 Å². The Balaban J connectivity index is 1.94. The van der Waals surface area contributed by atoms with Crippen molar-refractivity contribution in [3.63, 3.8) is 0 Å². The summed E-state index contributed by atoms with van der Waals surface area (Å²) in [7, 11) is 0. The van der Waals surface area contributed by atoms with Crippen LogP contribution >= 0.6 is 11.3 Å². The highest BCUT2D eigenvalue weighted by Crippen LogP contribution is 2.28. The van der Waals surface area contributed by atoms with E-state index < -0.39 is 6.10 Å². The fourth-order valence-corrected chi connectivity index (χ4v) is 2.56. The van der Waals surface area contributed by atoms with Gasteiger partial charge in [-0.1, -0.05) is 0 Å². The monoisotopic (exact) mass is 280 g/mol. The van der Waals surface area contributed by atoms with Crippen molar-refractivity contribution in [2.75, 3.05) is 6.54 Å². The van der Waals surface area contributed by atoms with Gasteiger partial charge in [-0.25, -0.2) is 4.79 Å². The van der Waals surface area contributed by atoms with Crippen LogP contribution in [0.15, 0.2) is 34.9 Å². The van der Waals surface area contributed by atoms with Gasteiger partial charge < -0.3 is 20.2 Å². The third-order valence-electron chi connectivity index (χ3n) is 2.53. The predicted octanol–water partition coefficient (Wildman–Crippen LogP) is 2.24. The smallest absolute Gasteiger partial charge is 0.315 e.